The number of benzene rings is 1. The predicted octanol–water partition coefficient (Wildman–Crippen LogP) is 4.43. The lowest BCUT2D eigenvalue weighted by Gasteiger charge is -2.06. The number of hydrogen-bond donors (Lipinski definition) is 0. The van der Waals surface area contributed by atoms with E-state index in [1.54, 1.807) is 0 Å². The lowest BCUT2D eigenvalue weighted by molar-refractivity contribution is 1.10. The fourth-order valence-electron chi connectivity index (χ4n) is 2.08. The molecule has 0 nitrogen and oxygen atoms in total. The van der Waals surface area contributed by atoms with Crippen LogP contribution < -0.4 is 0 Å². The Balaban J connectivity index is 2.28. The van der Waals surface area contributed by atoms with Crippen LogP contribution in [0.1, 0.15) is 29.2 Å². The van der Waals surface area contributed by atoms with Crippen LogP contribution in [-0.4, -0.2) is 0 Å². The number of hydrogen-bond acceptors (Lipinski definition) is 0. The van der Waals surface area contributed by atoms with Gasteiger partial charge in [-0.1, -0.05) is 48.4 Å². The van der Waals surface area contributed by atoms with Crippen LogP contribution in [0.2, 0.25) is 0 Å². The molecular formula is C18H18. The molecule has 0 saturated carbocycles. The van der Waals surface area contributed by atoms with Crippen molar-refractivity contribution < 1.29 is 0 Å². The summed E-state index contributed by atoms with van der Waals surface area (Å²) in [6, 6.07) is 4.39. The van der Waals surface area contributed by atoms with Gasteiger partial charge in [0, 0.05) is 11.5 Å². The minimum absolute atomic E-state index is 0.444. The molecule has 0 aromatic heterocycles. The maximum atomic E-state index is 3.14. The van der Waals surface area contributed by atoms with Crippen molar-refractivity contribution in [3.8, 4) is 11.8 Å². The van der Waals surface area contributed by atoms with Crippen LogP contribution in [-0.2, 0) is 0 Å². The minimum Gasteiger partial charge on any atom is -0.101 e. The van der Waals surface area contributed by atoms with Crippen LogP contribution >= 0.6 is 0 Å². The van der Waals surface area contributed by atoms with Gasteiger partial charge in [-0.25, -0.2) is 0 Å². The molecule has 0 fully saturated rings. The molecule has 0 N–H and O–H groups in total. The summed E-state index contributed by atoms with van der Waals surface area (Å²) < 4.78 is 0. The second-order valence-electron chi connectivity index (χ2n) is 4.60. The Labute approximate surface area is 110 Å². The topological polar surface area (TPSA) is 0 Å². The molecule has 0 unspecified atom stereocenters. The van der Waals surface area contributed by atoms with E-state index in [0.717, 1.165) is 5.56 Å². The third-order valence-corrected chi connectivity index (χ3v) is 3.15. The first-order valence-electron chi connectivity index (χ1n) is 6.28. The third kappa shape index (κ3) is 2.81. The summed E-state index contributed by atoms with van der Waals surface area (Å²) in [7, 11) is 0. The highest BCUT2D eigenvalue weighted by Gasteiger charge is 2.02. The SMILES string of the molecule is CC#Cc1cc(C)c(/C=C/C2C=CC=C2)cc1C. The fraction of sp³-hybridized carbons (Fsp3) is 0.222. The molecular weight excluding hydrogens is 216 g/mol. The zero-order chi connectivity index (χ0) is 13.0. The van der Waals surface area contributed by atoms with Crippen LogP contribution in [0, 0.1) is 31.6 Å². The zero-order valence-electron chi connectivity index (χ0n) is 11.2. The summed E-state index contributed by atoms with van der Waals surface area (Å²) in [4.78, 5) is 0. The molecule has 1 aromatic carbocycles. The van der Waals surface area contributed by atoms with Crippen molar-refractivity contribution in [3.05, 3.63) is 64.8 Å². The molecule has 0 saturated heterocycles. The van der Waals surface area contributed by atoms with Crippen molar-refractivity contribution >= 4 is 6.08 Å². The molecule has 18 heavy (non-hydrogen) atoms. The molecule has 0 heterocycles. The molecule has 0 heteroatoms. The van der Waals surface area contributed by atoms with Gasteiger partial charge < -0.3 is 0 Å². The monoisotopic (exact) mass is 234 g/mol. The van der Waals surface area contributed by atoms with E-state index in [4.69, 9.17) is 0 Å². The fourth-order valence-corrected chi connectivity index (χ4v) is 2.08. The summed E-state index contributed by atoms with van der Waals surface area (Å²) >= 11 is 0. The van der Waals surface area contributed by atoms with E-state index in [2.05, 4.69) is 74.3 Å². The average Bonchev–Trinajstić information content (AvgIpc) is 2.85. The van der Waals surface area contributed by atoms with Crippen LogP contribution in [0.5, 0.6) is 0 Å². The van der Waals surface area contributed by atoms with Gasteiger partial charge in [0.25, 0.3) is 0 Å². The van der Waals surface area contributed by atoms with E-state index in [9.17, 15) is 0 Å². The number of allylic oxidation sites excluding steroid dienone is 5. The largest absolute Gasteiger partial charge is 0.101 e. The third-order valence-electron chi connectivity index (χ3n) is 3.15. The van der Waals surface area contributed by atoms with Gasteiger partial charge in [-0.3, -0.25) is 0 Å². The first-order valence-corrected chi connectivity index (χ1v) is 6.28. The van der Waals surface area contributed by atoms with E-state index in [1.165, 1.54) is 16.7 Å². The average molecular weight is 234 g/mol. The Hall–Kier alpha value is -2.00. The lowest BCUT2D eigenvalue weighted by atomic mass is 9.99. The van der Waals surface area contributed by atoms with Gasteiger partial charge in [-0.15, -0.1) is 5.92 Å². The van der Waals surface area contributed by atoms with E-state index < -0.39 is 0 Å². The minimum atomic E-state index is 0.444. The highest BCUT2D eigenvalue weighted by Crippen LogP contribution is 2.19. The van der Waals surface area contributed by atoms with Crippen LogP contribution in [0.15, 0.2) is 42.5 Å². The highest BCUT2D eigenvalue weighted by molar-refractivity contribution is 5.59. The van der Waals surface area contributed by atoms with Crippen molar-refractivity contribution in [1.29, 1.82) is 0 Å². The predicted molar refractivity (Wildman–Crippen MR) is 79.3 cm³/mol. The molecule has 90 valence electrons. The highest BCUT2D eigenvalue weighted by atomic mass is 14.1. The summed E-state index contributed by atoms with van der Waals surface area (Å²) in [5.74, 6) is 6.55. The van der Waals surface area contributed by atoms with Crippen molar-refractivity contribution in [2.24, 2.45) is 5.92 Å². The Kier molecular flexibility index (Phi) is 3.85. The van der Waals surface area contributed by atoms with Crippen LogP contribution in [0.3, 0.4) is 0 Å². The van der Waals surface area contributed by atoms with Gasteiger partial charge in [0.05, 0.1) is 0 Å². The van der Waals surface area contributed by atoms with E-state index in [1.807, 2.05) is 6.92 Å². The molecule has 1 aliphatic rings. The number of aryl methyl sites for hydroxylation is 2. The van der Waals surface area contributed by atoms with Crippen LogP contribution in [0.25, 0.3) is 6.08 Å². The molecule has 0 atom stereocenters. The first kappa shape index (κ1) is 12.5. The molecule has 2 rings (SSSR count). The van der Waals surface area contributed by atoms with Gasteiger partial charge in [-0.2, -0.15) is 0 Å². The van der Waals surface area contributed by atoms with Crippen molar-refractivity contribution in [2.45, 2.75) is 20.8 Å². The van der Waals surface area contributed by atoms with Gasteiger partial charge in [-0.05, 0) is 43.5 Å². The van der Waals surface area contributed by atoms with E-state index in [0.29, 0.717) is 5.92 Å². The smallest absolute Gasteiger partial charge is 0.0277 e. The van der Waals surface area contributed by atoms with Crippen LogP contribution in [0.4, 0.5) is 0 Å². The molecule has 0 radical (unpaired) electrons. The maximum absolute atomic E-state index is 3.14. The second-order valence-corrected chi connectivity index (χ2v) is 4.60. The quantitative estimate of drug-likeness (QED) is 0.664. The molecule has 0 amide bonds. The molecule has 0 aliphatic heterocycles. The normalized spacial score (nSPS) is 14.2. The Morgan fingerprint density at radius 1 is 1.06 bits per heavy atom. The lowest BCUT2D eigenvalue weighted by Crippen LogP contribution is -1.89. The maximum Gasteiger partial charge on any atom is 0.0277 e. The van der Waals surface area contributed by atoms with Crippen molar-refractivity contribution in [2.75, 3.05) is 0 Å². The zero-order valence-corrected chi connectivity index (χ0v) is 11.2. The summed E-state index contributed by atoms with van der Waals surface area (Å²) in [6.45, 7) is 6.13. The number of rotatable bonds is 2. The molecule has 0 spiro atoms. The van der Waals surface area contributed by atoms with Gasteiger partial charge in [0.1, 0.15) is 0 Å². The molecule has 0 bridgehead atoms. The van der Waals surface area contributed by atoms with Crippen molar-refractivity contribution in [1.82, 2.24) is 0 Å². The second kappa shape index (κ2) is 5.56. The van der Waals surface area contributed by atoms with E-state index >= 15 is 0 Å². The Morgan fingerprint density at radius 2 is 1.78 bits per heavy atom. The summed E-state index contributed by atoms with van der Waals surface area (Å²) in [5.41, 5.74) is 4.93. The van der Waals surface area contributed by atoms with E-state index in [-0.39, 0.29) is 0 Å². The summed E-state index contributed by atoms with van der Waals surface area (Å²) in [5, 5.41) is 0. The first-order chi connectivity index (χ1) is 8.70. The molecule has 1 aromatic rings. The summed E-state index contributed by atoms with van der Waals surface area (Å²) in [6.07, 6.45) is 13.0. The Bertz CT molecular complexity index is 574. The standard InChI is InChI=1S/C18H18/c1-4-7-17-12-15(3)18(13-14(17)2)11-10-16-8-5-6-9-16/h5-6,8-13,16H,1-3H3/b11-10+. The molecule has 1 aliphatic carbocycles. The van der Waals surface area contributed by atoms with Gasteiger partial charge in [0.2, 0.25) is 0 Å². The van der Waals surface area contributed by atoms with Crippen molar-refractivity contribution in [3.63, 3.8) is 0 Å². The Morgan fingerprint density at radius 3 is 2.44 bits per heavy atom. The van der Waals surface area contributed by atoms with Gasteiger partial charge >= 0.3 is 0 Å². The van der Waals surface area contributed by atoms with Gasteiger partial charge in [0.15, 0.2) is 0 Å².